The van der Waals surface area contributed by atoms with E-state index >= 15 is 0 Å². The summed E-state index contributed by atoms with van der Waals surface area (Å²) in [6, 6.07) is 3.87. The molecule has 0 saturated heterocycles. The summed E-state index contributed by atoms with van der Waals surface area (Å²) in [5.41, 5.74) is 0.418. The molecule has 1 rings (SSSR count). The second-order valence-corrected chi connectivity index (χ2v) is 4.25. The molecule has 0 heterocycles. The molecule has 18 heavy (non-hydrogen) atoms. The van der Waals surface area contributed by atoms with Gasteiger partial charge in [0.2, 0.25) is 9.76 Å². The van der Waals surface area contributed by atoms with Crippen molar-refractivity contribution < 1.29 is 22.7 Å². The second-order valence-electron chi connectivity index (χ2n) is 3.37. The van der Waals surface area contributed by atoms with Gasteiger partial charge in [-0.2, -0.15) is 0 Å². The van der Waals surface area contributed by atoms with Gasteiger partial charge in [-0.1, -0.05) is 6.07 Å². The molecule has 3 nitrogen and oxygen atoms in total. The van der Waals surface area contributed by atoms with Crippen LogP contribution in [-0.4, -0.2) is 29.5 Å². The predicted octanol–water partition coefficient (Wildman–Crippen LogP) is 2.46. The van der Waals surface area contributed by atoms with Crippen molar-refractivity contribution in [2.45, 2.75) is 26.4 Å². The Hall–Kier alpha value is -0.823. The molecule has 0 fully saturated rings. The van der Waals surface area contributed by atoms with Crippen LogP contribution in [0.3, 0.4) is 0 Å². The zero-order valence-electron chi connectivity index (χ0n) is 10.4. The molecule has 0 unspecified atom stereocenters. The lowest BCUT2D eigenvalue weighted by molar-refractivity contribution is -0.243. The number of benzene rings is 1. The first kappa shape index (κ1) is 15.2. The molecule has 0 spiro atoms. The van der Waals surface area contributed by atoms with Crippen LogP contribution in [0.1, 0.15) is 19.4 Å². The van der Waals surface area contributed by atoms with Crippen molar-refractivity contribution in [3.8, 4) is 0 Å². The van der Waals surface area contributed by atoms with Crippen LogP contribution < -0.4 is 0 Å². The van der Waals surface area contributed by atoms with Gasteiger partial charge in [0.05, 0.1) is 0 Å². The average molecular weight is 274 g/mol. The Morgan fingerprint density at radius 3 is 2.39 bits per heavy atom. The first-order chi connectivity index (χ1) is 8.67. The van der Waals surface area contributed by atoms with E-state index in [0.717, 1.165) is 6.07 Å². The van der Waals surface area contributed by atoms with Crippen molar-refractivity contribution in [2.75, 3.05) is 13.2 Å². The minimum atomic E-state index is -0.721. The highest BCUT2D eigenvalue weighted by atomic mass is 28.2. The highest BCUT2D eigenvalue weighted by Crippen LogP contribution is 2.10. The van der Waals surface area contributed by atoms with Crippen LogP contribution in [0, 0.1) is 11.6 Å². The molecule has 2 radical (unpaired) electrons. The van der Waals surface area contributed by atoms with E-state index < -0.39 is 18.1 Å². The van der Waals surface area contributed by atoms with Gasteiger partial charge in [0.25, 0.3) is 6.48 Å². The van der Waals surface area contributed by atoms with Gasteiger partial charge in [0.15, 0.2) is 0 Å². The minimum absolute atomic E-state index is 0.00961. The van der Waals surface area contributed by atoms with Gasteiger partial charge in [0.1, 0.15) is 11.6 Å². The fraction of sp³-hybridized carbons (Fsp3) is 0.500. The van der Waals surface area contributed by atoms with Crippen LogP contribution in [0.25, 0.3) is 0 Å². The van der Waals surface area contributed by atoms with Crippen LogP contribution in [0.5, 0.6) is 0 Å². The number of hydrogen-bond donors (Lipinski definition) is 0. The highest BCUT2D eigenvalue weighted by Gasteiger charge is 2.10. The van der Waals surface area contributed by atoms with Crippen molar-refractivity contribution in [3.05, 3.63) is 35.4 Å². The van der Waals surface area contributed by atoms with E-state index in [2.05, 4.69) is 0 Å². The standard InChI is InChI=1S/C12H16F2O3Si/c1-3-15-12(16-4-2)17-18-8-9-5-6-10(13)7-11(9)14/h5-7,12H,3-4,8H2,1-2H3. The molecule has 0 aliphatic carbocycles. The van der Waals surface area contributed by atoms with Crippen LogP contribution in [0.4, 0.5) is 8.78 Å². The van der Waals surface area contributed by atoms with Crippen molar-refractivity contribution in [2.24, 2.45) is 0 Å². The molecule has 0 saturated carbocycles. The van der Waals surface area contributed by atoms with Gasteiger partial charge < -0.3 is 13.9 Å². The molecule has 0 N–H and O–H groups in total. The van der Waals surface area contributed by atoms with E-state index in [1.807, 2.05) is 13.8 Å². The molecule has 0 aromatic heterocycles. The maximum absolute atomic E-state index is 13.3. The Labute approximate surface area is 108 Å². The first-order valence-electron chi connectivity index (χ1n) is 5.73. The molecule has 100 valence electrons. The molecule has 0 aliphatic rings. The second kappa shape index (κ2) is 8.31. The van der Waals surface area contributed by atoms with E-state index in [1.54, 1.807) is 0 Å². The normalized spacial score (nSPS) is 11.2. The van der Waals surface area contributed by atoms with E-state index in [1.165, 1.54) is 12.1 Å². The quantitative estimate of drug-likeness (QED) is 0.538. The monoisotopic (exact) mass is 274 g/mol. The summed E-state index contributed by atoms with van der Waals surface area (Å²) in [6.45, 7) is 3.89. The van der Waals surface area contributed by atoms with E-state index in [4.69, 9.17) is 13.9 Å². The lowest BCUT2D eigenvalue weighted by Crippen LogP contribution is -2.24. The van der Waals surface area contributed by atoms with Crippen molar-refractivity contribution in [1.29, 1.82) is 0 Å². The SMILES string of the molecule is CCOC(OCC)O[Si]Cc1ccc(F)cc1F. The summed E-state index contributed by atoms with van der Waals surface area (Å²) in [5, 5.41) is 0. The molecule has 6 heteroatoms. The Morgan fingerprint density at radius 1 is 1.17 bits per heavy atom. The third-order valence-electron chi connectivity index (χ3n) is 2.06. The number of hydrogen-bond acceptors (Lipinski definition) is 3. The van der Waals surface area contributed by atoms with Crippen molar-refractivity contribution in [1.82, 2.24) is 0 Å². The number of rotatable bonds is 8. The van der Waals surface area contributed by atoms with Crippen LogP contribution in [-0.2, 0) is 19.9 Å². The minimum Gasteiger partial charge on any atom is -0.372 e. The largest absolute Gasteiger partial charge is 0.372 e. The lowest BCUT2D eigenvalue weighted by Gasteiger charge is -2.16. The van der Waals surface area contributed by atoms with Gasteiger partial charge >= 0.3 is 0 Å². The van der Waals surface area contributed by atoms with Gasteiger partial charge in [-0.05, 0) is 31.5 Å². The van der Waals surface area contributed by atoms with Crippen LogP contribution in [0.2, 0.25) is 0 Å². The molecule has 0 amide bonds. The third kappa shape index (κ3) is 5.22. The van der Waals surface area contributed by atoms with Crippen LogP contribution in [0.15, 0.2) is 18.2 Å². The van der Waals surface area contributed by atoms with E-state index in [0.29, 0.717) is 24.8 Å². The molecule has 0 atom stereocenters. The van der Waals surface area contributed by atoms with Gasteiger partial charge in [-0.25, -0.2) is 8.78 Å². The molecular weight excluding hydrogens is 258 g/mol. The summed E-state index contributed by atoms with van der Waals surface area (Å²) in [4.78, 5) is 0. The Bertz CT molecular complexity index is 357. The maximum atomic E-state index is 13.3. The van der Waals surface area contributed by atoms with Crippen LogP contribution >= 0.6 is 0 Å². The summed E-state index contributed by atoms with van der Waals surface area (Å²) >= 11 is 0. The summed E-state index contributed by atoms with van der Waals surface area (Å²) in [7, 11) is -0.00961. The number of halogens is 2. The summed E-state index contributed by atoms with van der Waals surface area (Å²) in [5.74, 6) is -1.14. The lowest BCUT2D eigenvalue weighted by atomic mass is 10.2. The van der Waals surface area contributed by atoms with Gasteiger partial charge in [-0.15, -0.1) is 0 Å². The molecular formula is C12H16F2O3Si. The van der Waals surface area contributed by atoms with Crippen molar-refractivity contribution >= 4 is 9.76 Å². The maximum Gasteiger partial charge on any atom is 0.261 e. The summed E-state index contributed by atoms with van der Waals surface area (Å²) < 4.78 is 41.7. The average Bonchev–Trinajstić information content (AvgIpc) is 2.32. The predicted molar refractivity (Wildman–Crippen MR) is 63.9 cm³/mol. The fourth-order valence-corrected chi connectivity index (χ4v) is 2.04. The van der Waals surface area contributed by atoms with Gasteiger partial charge in [0, 0.05) is 19.3 Å². The Morgan fingerprint density at radius 2 is 1.83 bits per heavy atom. The summed E-state index contributed by atoms with van der Waals surface area (Å²) in [6.07, 6.45) is 0. The zero-order valence-corrected chi connectivity index (χ0v) is 11.4. The topological polar surface area (TPSA) is 27.7 Å². The van der Waals surface area contributed by atoms with E-state index in [9.17, 15) is 8.78 Å². The smallest absolute Gasteiger partial charge is 0.261 e. The fourth-order valence-electron chi connectivity index (χ4n) is 1.24. The highest BCUT2D eigenvalue weighted by molar-refractivity contribution is 6.26. The molecule has 0 aliphatic heterocycles. The van der Waals surface area contributed by atoms with Crippen molar-refractivity contribution in [3.63, 3.8) is 0 Å². The van der Waals surface area contributed by atoms with Gasteiger partial charge in [-0.3, -0.25) is 0 Å². The Kier molecular flexibility index (Phi) is 7.03. The molecule has 1 aromatic carbocycles. The zero-order chi connectivity index (χ0) is 13.4. The molecule has 1 aromatic rings. The third-order valence-corrected chi connectivity index (χ3v) is 2.95. The Balaban J connectivity index is 2.39. The molecule has 0 bridgehead atoms. The van der Waals surface area contributed by atoms with E-state index in [-0.39, 0.29) is 9.76 Å². The first-order valence-corrected chi connectivity index (χ1v) is 6.84. The number of ether oxygens (including phenoxy) is 2.